The van der Waals surface area contributed by atoms with Crippen molar-refractivity contribution in [3.63, 3.8) is 0 Å². The van der Waals surface area contributed by atoms with Gasteiger partial charge in [-0.1, -0.05) is 20.4 Å². The number of nitrogens with one attached hydrogen (secondary N) is 1. The first-order chi connectivity index (χ1) is 7.11. The fourth-order valence-electron chi connectivity index (χ4n) is 2.55. The van der Waals surface area contributed by atoms with Crippen LogP contribution in [0.5, 0.6) is 0 Å². The molecular formula is C13H25NO. The quantitative estimate of drug-likeness (QED) is 0.706. The van der Waals surface area contributed by atoms with Crippen molar-refractivity contribution >= 4 is 0 Å². The van der Waals surface area contributed by atoms with Gasteiger partial charge in [0.25, 0.3) is 0 Å². The smallest absolute Gasteiger partial charge is 0.0690 e. The molecule has 1 saturated carbocycles. The van der Waals surface area contributed by atoms with Gasteiger partial charge in [-0.2, -0.15) is 0 Å². The zero-order chi connectivity index (χ0) is 11.3. The first-order valence-electron chi connectivity index (χ1n) is 6.04. The Balaban J connectivity index is 2.23. The van der Waals surface area contributed by atoms with E-state index in [4.69, 9.17) is 4.74 Å². The van der Waals surface area contributed by atoms with E-state index >= 15 is 0 Å². The van der Waals surface area contributed by atoms with E-state index in [-0.39, 0.29) is 0 Å². The lowest BCUT2D eigenvalue weighted by atomic mass is 9.82. The molecule has 88 valence electrons. The van der Waals surface area contributed by atoms with Crippen molar-refractivity contribution in [2.24, 2.45) is 11.8 Å². The van der Waals surface area contributed by atoms with E-state index in [2.05, 4.69) is 25.7 Å². The zero-order valence-corrected chi connectivity index (χ0v) is 10.4. The van der Waals surface area contributed by atoms with Crippen molar-refractivity contribution in [1.82, 2.24) is 5.32 Å². The molecule has 15 heavy (non-hydrogen) atoms. The molecule has 0 saturated heterocycles. The fourth-order valence-corrected chi connectivity index (χ4v) is 2.55. The highest BCUT2D eigenvalue weighted by Crippen LogP contribution is 2.30. The van der Waals surface area contributed by atoms with Gasteiger partial charge < -0.3 is 10.1 Å². The lowest BCUT2D eigenvalue weighted by Crippen LogP contribution is -2.27. The lowest BCUT2D eigenvalue weighted by Gasteiger charge is -2.31. The van der Waals surface area contributed by atoms with Gasteiger partial charge in [-0.3, -0.25) is 0 Å². The van der Waals surface area contributed by atoms with Gasteiger partial charge in [-0.25, -0.2) is 0 Å². The van der Waals surface area contributed by atoms with Crippen molar-refractivity contribution in [3.8, 4) is 0 Å². The predicted octanol–water partition coefficient (Wildman–Crippen LogP) is 2.60. The molecule has 1 aliphatic carbocycles. The molecule has 0 bridgehead atoms. The summed E-state index contributed by atoms with van der Waals surface area (Å²) >= 11 is 0. The Labute approximate surface area is 94.1 Å². The molecule has 1 N–H and O–H groups in total. The van der Waals surface area contributed by atoms with Gasteiger partial charge in [-0.15, -0.1) is 0 Å². The van der Waals surface area contributed by atoms with Crippen LogP contribution >= 0.6 is 0 Å². The largest absolute Gasteiger partial charge is 0.374 e. The molecule has 2 nitrogen and oxygen atoms in total. The molecule has 0 radical (unpaired) electrons. The van der Waals surface area contributed by atoms with Crippen LogP contribution in [-0.4, -0.2) is 26.3 Å². The van der Waals surface area contributed by atoms with E-state index in [9.17, 15) is 0 Å². The van der Waals surface area contributed by atoms with E-state index in [1.165, 1.54) is 19.3 Å². The number of ether oxygens (including phenoxy) is 1. The molecule has 1 fully saturated rings. The minimum absolute atomic E-state index is 0.456. The van der Waals surface area contributed by atoms with E-state index in [0.29, 0.717) is 12.7 Å². The molecule has 0 aromatic rings. The van der Waals surface area contributed by atoms with Gasteiger partial charge >= 0.3 is 0 Å². The highest BCUT2D eigenvalue weighted by atomic mass is 16.5. The molecule has 0 heterocycles. The molecule has 1 aliphatic rings. The Bertz CT molecular complexity index is 193. The third-order valence-electron chi connectivity index (χ3n) is 3.09. The summed E-state index contributed by atoms with van der Waals surface area (Å²) in [5, 5.41) is 3.09. The van der Waals surface area contributed by atoms with E-state index in [1.54, 1.807) is 0 Å². The maximum atomic E-state index is 5.90. The second-order valence-electron chi connectivity index (χ2n) is 5.13. The summed E-state index contributed by atoms with van der Waals surface area (Å²) in [6.45, 7) is 10.2. The molecule has 0 aliphatic heterocycles. The van der Waals surface area contributed by atoms with Crippen molar-refractivity contribution in [3.05, 3.63) is 12.2 Å². The van der Waals surface area contributed by atoms with Crippen LogP contribution in [0.25, 0.3) is 0 Å². The monoisotopic (exact) mass is 211 g/mol. The molecular weight excluding hydrogens is 186 g/mol. The van der Waals surface area contributed by atoms with Crippen molar-refractivity contribution in [1.29, 1.82) is 0 Å². The van der Waals surface area contributed by atoms with Crippen LogP contribution in [0.4, 0.5) is 0 Å². The van der Waals surface area contributed by atoms with Crippen molar-refractivity contribution < 1.29 is 4.74 Å². The van der Waals surface area contributed by atoms with E-state index in [1.807, 2.05) is 7.05 Å². The van der Waals surface area contributed by atoms with Crippen LogP contribution in [0.3, 0.4) is 0 Å². The van der Waals surface area contributed by atoms with Gasteiger partial charge in [0.05, 0.1) is 12.7 Å². The number of hydrogen-bond donors (Lipinski definition) is 1. The number of hydrogen-bond acceptors (Lipinski definition) is 2. The average Bonchev–Trinajstić information content (AvgIpc) is 2.14. The molecule has 1 rings (SSSR count). The fraction of sp³-hybridized carbons (Fsp3) is 0.846. The maximum Gasteiger partial charge on any atom is 0.0690 e. The predicted molar refractivity (Wildman–Crippen MR) is 65.0 cm³/mol. The van der Waals surface area contributed by atoms with Crippen molar-refractivity contribution in [2.75, 3.05) is 20.2 Å². The Hall–Kier alpha value is -0.340. The van der Waals surface area contributed by atoms with Crippen LogP contribution in [0.1, 0.15) is 33.1 Å². The highest BCUT2D eigenvalue weighted by Gasteiger charge is 2.24. The first-order valence-corrected chi connectivity index (χ1v) is 6.04. The topological polar surface area (TPSA) is 21.3 Å². The second-order valence-corrected chi connectivity index (χ2v) is 5.13. The zero-order valence-electron chi connectivity index (χ0n) is 10.4. The molecule has 0 aromatic carbocycles. The summed E-state index contributed by atoms with van der Waals surface area (Å²) in [5.74, 6) is 1.63. The van der Waals surface area contributed by atoms with Crippen LogP contribution in [-0.2, 0) is 4.74 Å². The third-order valence-corrected chi connectivity index (χ3v) is 3.09. The average molecular weight is 211 g/mol. The highest BCUT2D eigenvalue weighted by molar-refractivity contribution is 4.96. The van der Waals surface area contributed by atoms with Crippen LogP contribution in [0.15, 0.2) is 12.2 Å². The van der Waals surface area contributed by atoms with Gasteiger partial charge in [0.15, 0.2) is 0 Å². The molecule has 2 atom stereocenters. The maximum absolute atomic E-state index is 5.90. The summed E-state index contributed by atoms with van der Waals surface area (Å²) in [7, 11) is 1.94. The standard InChI is InChI=1S/C13H25NO/c1-10-5-11(2)7-13(6-10)15-9-12(3)8-14-4/h10-11,13-14H,3,5-9H2,1-2,4H3. The normalized spacial score (nSPS) is 31.5. The minimum atomic E-state index is 0.456. The van der Waals surface area contributed by atoms with E-state index in [0.717, 1.165) is 24.0 Å². The Morgan fingerprint density at radius 3 is 2.40 bits per heavy atom. The molecule has 0 spiro atoms. The third kappa shape index (κ3) is 4.80. The molecule has 2 unspecified atom stereocenters. The van der Waals surface area contributed by atoms with Crippen molar-refractivity contribution in [2.45, 2.75) is 39.2 Å². The summed E-state index contributed by atoms with van der Waals surface area (Å²) in [5.41, 5.74) is 1.14. The van der Waals surface area contributed by atoms with Gasteiger partial charge in [0.2, 0.25) is 0 Å². The molecule has 0 aromatic heterocycles. The summed E-state index contributed by atoms with van der Waals surface area (Å²) in [6, 6.07) is 0. The lowest BCUT2D eigenvalue weighted by molar-refractivity contribution is 0.0123. The summed E-state index contributed by atoms with van der Waals surface area (Å²) in [4.78, 5) is 0. The summed E-state index contributed by atoms with van der Waals surface area (Å²) in [6.07, 6.45) is 4.25. The Morgan fingerprint density at radius 1 is 1.27 bits per heavy atom. The number of rotatable bonds is 5. The second kappa shape index (κ2) is 6.29. The molecule has 0 amide bonds. The SMILES string of the molecule is C=C(CNC)COC1CC(C)CC(C)C1. The summed E-state index contributed by atoms with van der Waals surface area (Å²) < 4.78 is 5.90. The van der Waals surface area contributed by atoms with Crippen LogP contribution in [0.2, 0.25) is 0 Å². The Kier molecular flexibility index (Phi) is 5.34. The van der Waals surface area contributed by atoms with Crippen LogP contribution < -0.4 is 5.32 Å². The van der Waals surface area contributed by atoms with Gasteiger partial charge in [0.1, 0.15) is 0 Å². The van der Waals surface area contributed by atoms with E-state index < -0.39 is 0 Å². The Morgan fingerprint density at radius 2 is 1.87 bits per heavy atom. The first kappa shape index (κ1) is 12.7. The minimum Gasteiger partial charge on any atom is -0.374 e. The molecule has 2 heteroatoms. The van der Waals surface area contributed by atoms with Gasteiger partial charge in [-0.05, 0) is 43.7 Å². The van der Waals surface area contributed by atoms with Crippen LogP contribution in [0, 0.1) is 11.8 Å². The number of likely N-dealkylation sites (N-methyl/N-ethyl adjacent to an activating group) is 1. The van der Waals surface area contributed by atoms with Gasteiger partial charge in [0, 0.05) is 6.54 Å².